The maximum atomic E-state index is 13.2. The van der Waals surface area contributed by atoms with E-state index < -0.39 is 51.8 Å². The van der Waals surface area contributed by atoms with Crippen LogP contribution in [0.5, 0.6) is 0 Å². The Bertz CT molecular complexity index is 976. The summed E-state index contributed by atoms with van der Waals surface area (Å²) in [7, 11) is -3.25. The summed E-state index contributed by atoms with van der Waals surface area (Å²) in [5.41, 5.74) is -0.271. The number of halogens is 2. The summed E-state index contributed by atoms with van der Waals surface area (Å²) in [6.45, 7) is -0.714. The van der Waals surface area contributed by atoms with Gasteiger partial charge in [-0.25, -0.2) is 27.0 Å². The van der Waals surface area contributed by atoms with E-state index in [4.69, 9.17) is 4.74 Å². The number of rotatable bonds is 5. The van der Waals surface area contributed by atoms with Gasteiger partial charge >= 0.3 is 5.97 Å². The highest BCUT2D eigenvalue weighted by Gasteiger charge is 2.37. The van der Waals surface area contributed by atoms with Gasteiger partial charge in [-0.05, 0) is 24.6 Å². The van der Waals surface area contributed by atoms with Crippen LogP contribution in [0.4, 0.5) is 8.78 Å². The van der Waals surface area contributed by atoms with E-state index in [-0.39, 0.29) is 42.0 Å². The number of hydrazone groups is 1. The molecule has 0 aliphatic carbocycles. The lowest BCUT2D eigenvalue weighted by atomic mass is 10.1. The molecule has 1 amide bonds. The molecule has 0 aromatic heterocycles. The molecule has 150 valence electrons. The highest BCUT2D eigenvalue weighted by Crippen LogP contribution is 2.22. The normalized spacial score (nSPS) is 21.4. The molecule has 0 bridgehead atoms. The van der Waals surface area contributed by atoms with Crippen molar-refractivity contribution in [3.05, 3.63) is 35.4 Å². The Morgan fingerprint density at radius 1 is 1.21 bits per heavy atom. The molecule has 1 atom stereocenters. The highest BCUT2D eigenvalue weighted by molar-refractivity contribution is 7.91. The number of ether oxygens (including phenoxy) is 1. The Balaban J connectivity index is 1.64. The minimum Gasteiger partial charge on any atom is -0.453 e. The Morgan fingerprint density at radius 3 is 2.61 bits per heavy atom. The van der Waals surface area contributed by atoms with Crippen molar-refractivity contribution in [1.29, 1.82) is 0 Å². The zero-order valence-corrected chi connectivity index (χ0v) is 15.4. The first kappa shape index (κ1) is 20.1. The number of amides is 1. The molecule has 8 nitrogen and oxygen atoms in total. The summed E-state index contributed by atoms with van der Waals surface area (Å²) >= 11 is 0. The van der Waals surface area contributed by atoms with E-state index in [1.54, 1.807) is 0 Å². The van der Waals surface area contributed by atoms with Crippen molar-refractivity contribution in [3.8, 4) is 0 Å². The van der Waals surface area contributed by atoms with Crippen LogP contribution in [0.1, 0.15) is 29.6 Å². The topological polar surface area (TPSA) is 110 Å². The standard InChI is InChI=1S/C17H16F2N2O6S/c18-12-2-1-10(7-13(12)19)15(22)8-27-17(24)14-3-4-16(23)21(20-14)11-5-6-28(25,26)9-11/h1-2,7,11H,3-6,8-9H2/t11-/m0/s1. The predicted octanol–water partition coefficient (Wildman–Crippen LogP) is 0.856. The fourth-order valence-electron chi connectivity index (χ4n) is 2.94. The number of hydrogen-bond donors (Lipinski definition) is 0. The minimum absolute atomic E-state index is 0.00694. The van der Waals surface area contributed by atoms with Gasteiger partial charge in [0.15, 0.2) is 33.9 Å². The van der Waals surface area contributed by atoms with E-state index >= 15 is 0 Å². The second-order valence-electron chi connectivity index (χ2n) is 6.47. The molecular formula is C17H16F2N2O6S. The fourth-order valence-corrected chi connectivity index (χ4v) is 4.63. The zero-order chi connectivity index (χ0) is 20.5. The van der Waals surface area contributed by atoms with Gasteiger partial charge in [0.25, 0.3) is 0 Å². The molecule has 1 aromatic carbocycles. The summed E-state index contributed by atoms with van der Waals surface area (Å²) in [6.07, 6.45) is 0.184. The van der Waals surface area contributed by atoms with Gasteiger partial charge in [-0.2, -0.15) is 5.10 Å². The van der Waals surface area contributed by atoms with E-state index in [0.29, 0.717) is 6.07 Å². The highest BCUT2D eigenvalue weighted by atomic mass is 32.2. The van der Waals surface area contributed by atoms with Crippen molar-refractivity contribution in [2.24, 2.45) is 5.10 Å². The monoisotopic (exact) mass is 414 g/mol. The van der Waals surface area contributed by atoms with Gasteiger partial charge in [0, 0.05) is 18.4 Å². The molecule has 28 heavy (non-hydrogen) atoms. The number of carbonyl (C=O) groups is 3. The smallest absolute Gasteiger partial charge is 0.354 e. The van der Waals surface area contributed by atoms with Crippen LogP contribution < -0.4 is 0 Å². The van der Waals surface area contributed by atoms with Crippen molar-refractivity contribution < 1.29 is 36.3 Å². The molecule has 0 radical (unpaired) electrons. The molecule has 0 N–H and O–H groups in total. The molecule has 0 spiro atoms. The molecule has 1 saturated heterocycles. The van der Waals surface area contributed by atoms with E-state index in [9.17, 15) is 31.6 Å². The van der Waals surface area contributed by atoms with Gasteiger partial charge in [0.1, 0.15) is 5.71 Å². The molecular weight excluding hydrogens is 398 g/mol. The first-order valence-corrected chi connectivity index (χ1v) is 10.2. The molecule has 2 aliphatic rings. The van der Waals surface area contributed by atoms with Gasteiger partial charge in [-0.15, -0.1) is 0 Å². The quantitative estimate of drug-likeness (QED) is 0.522. The number of benzene rings is 1. The second-order valence-corrected chi connectivity index (χ2v) is 8.70. The number of esters is 1. The molecule has 0 saturated carbocycles. The molecule has 3 rings (SSSR count). The molecule has 11 heteroatoms. The summed E-state index contributed by atoms with van der Waals surface area (Å²) in [6, 6.07) is 1.91. The molecule has 2 aliphatic heterocycles. The number of Topliss-reactive ketones (excluding diaryl/α,β-unsaturated/α-hetero) is 1. The average molecular weight is 414 g/mol. The zero-order valence-electron chi connectivity index (χ0n) is 14.6. The Hall–Kier alpha value is -2.69. The second kappa shape index (κ2) is 7.74. The summed E-state index contributed by atoms with van der Waals surface area (Å²) in [5, 5.41) is 4.93. The molecule has 1 aromatic rings. The predicted molar refractivity (Wildman–Crippen MR) is 92.2 cm³/mol. The number of sulfone groups is 1. The average Bonchev–Trinajstić information content (AvgIpc) is 3.01. The molecule has 1 fully saturated rings. The Kier molecular flexibility index (Phi) is 5.54. The largest absolute Gasteiger partial charge is 0.453 e. The lowest BCUT2D eigenvalue weighted by Crippen LogP contribution is -2.42. The Morgan fingerprint density at radius 2 is 1.96 bits per heavy atom. The number of nitrogens with zero attached hydrogens (tertiary/aromatic N) is 2. The van der Waals surface area contributed by atoms with Crippen LogP contribution in [0.3, 0.4) is 0 Å². The van der Waals surface area contributed by atoms with Crippen LogP contribution in [0.2, 0.25) is 0 Å². The van der Waals surface area contributed by atoms with Crippen molar-refractivity contribution in [3.63, 3.8) is 0 Å². The van der Waals surface area contributed by atoms with Crippen LogP contribution in [-0.2, 0) is 24.2 Å². The van der Waals surface area contributed by atoms with E-state index in [2.05, 4.69) is 5.10 Å². The SMILES string of the molecule is O=C(OCC(=O)c1ccc(F)c(F)c1)C1=NN([C@H]2CCS(=O)(=O)C2)C(=O)CC1. The summed E-state index contributed by atoms with van der Waals surface area (Å²) in [4.78, 5) is 36.1. The maximum absolute atomic E-state index is 13.2. The van der Waals surface area contributed by atoms with Crippen LogP contribution in [-0.4, -0.2) is 61.0 Å². The third-order valence-electron chi connectivity index (χ3n) is 4.43. The van der Waals surface area contributed by atoms with Crippen LogP contribution in [0.15, 0.2) is 23.3 Å². The van der Waals surface area contributed by atoms with Gasteiger partial charge in [-0.1, -0.05) is 0 Å². The maximum Gasteiger partial charge on any atom is 0.354 e. The third kappa shape index (κ3) is 4.41. The first-order chi connectivity index (χ1) is 13.2. The van der Waals surface area contributed by atoms with E-state index in [0.717, 1.165) is 17.1 Å². The minimum atomic E-state index is -3.25. The van der Waals surface area contributed by atoms with Gasteiger partial charge < -0.3 is 4.74 Å². The van der Waals surface area contributed by atoms with Crippen LogP contribution in [0, 0.1) is 11.6 Å². The number of carbonyl (C=O) groups excluding carboxylic acids is 3. The number of hydrogen-bond acceptors (Lipinski definition) is 7. The Labute approximate surface area is 159 Å². The van der Waals surface area contributed by atoms with E-state index in [1.165, 1.54) is 0 Å². The van der Waals surface area contributed by atoms with Gasteiger partial charge in [0.05, 0.1) is 17.5 Å². The fraction of sp³-hybridized carbons (Fsp3) is 0.412. The van der Waals surface area contributed by atoms with Gasteiger partial charge in [-0.3, -0.25) is 9.59 Å². The van der Waals surface area contributed by atoms with Crippen molar-refractivity contribution in [2.75, 3.05) is 18.1 Å². The first-order valence-electron chi connectivity index (χ1n) is 8.41. The van der Waals surface area contributed by atoms with Crippen LogP contribution >= 0.6 is 0 Å². The molecule has 2 heterocycles. The van der Waals surface area contributed by atoms with Crippen molar-refractivity contribution in [1.82, 2.24) is 5.01 Å². The number of ketones is 1. The van der Waals surface area contributed by atoms with Gasteiger partial charge in [0.2, 0.25) is 5.91 Å². The van der Waals surface area contributed by atoms with E-state index in [1.807, 2.05) is 0 Å². The summed E-state index contributed by atoms with van der Waals surface area (Å²) < 4.78 is 54.1. The lowest BCUT2D eigenvalue weighted by Gasteiger charge is -2.27. The lowest BCUT2D eigenvalue weighted by molar-refractivity contribution is -0.136. The third-order valence-corrected chi connectivity index (χ3v) is 6.18. The molecule has 0 unspecified atom stereocenters. The summed E-state index contributed by atoms with van der Waals surface area (Å²) in [5.74, 6) is -4.65. The van der Waals surface area contributed by atoms with Crippen LogP contribution in [0.25, 0.3) is 0 Å². The van der Waals surface area contributed by atoms with Crippen molar-refractivity contribution >= 4 is 33.2 Å². The van der Waals surface area contributed by atoms with Crippen molar-refractivity contribution in [2.45, 2.75) is 25.3 Å².